The van der Waals surface area contributed by atoms with Crippen LogP contribution in [0.4, 0.5) is 0 Å². The van der Waals surface area contributed by atoms with Crippen LogP contribution in [0.15, 0.2) is 0 Å². The molecule has 0 spiro atoms. The minimum atomic E-state index is -1.82. The zero-order valence-corrected chi connectivity index (χ0v) is 12.8. The molecule has 0 aliphatic carbocycles. The third kappa shape index (κ3) is 9.92. The Morgan fingerprint density at radius 3 is 1.00 bits per heavy atom. The molecule has 40 valence electrons. The Morgan fingerprint density at radius 1 is 0.875 bits per heavy atom. The molecule has 2 N–H and O–H groups in total. The van der Waals surface area contributed by atoms with Crippen molar-refractivity contribution in [2.45, 2.75) is 0 Å². The summed E-state index contributed by atoms with van der Waals surface area (Å²) in [4.78, 5) is 18.2. The molecule has 6 heteroatoms. The van der Waals surface area contributed by atoms with E-state index in [0.29, 0.717) is 0 Å². The van der Waals surface area contributed by atoms with Crippen molar-refractivity contribution in [3.8, 4) is 0 Å². The number of carbonyl (C=O) groups is 2. The van der Waals surface area contributed by atoms with E-state index in [4.69, 9.17) is 19.8 Å². The molecule has 0 aliphatic rings. The molecule has 0 amide bonds. The molecule has 0 aromatic rings. The van der Waals surface area contributed by atoms with E-state index in [2.05, 4.69) is 0 Å². The molecule has 0 fully saturated rings. The zero-order chi connectivity index (χ0) is 5.15. The Morgan fingerprint density at radius 2 is 1.00 bits per heavy atom. The van der Waals surface area contributed by atoms with Gasteiger partial charge in [0, 0.05) is 54.6 Å². The Balaban J connectivity index is -0.000000125. The van der Waals surface area contributed by atoms with Crippen molar-refractivity contribution in [2.24, 2.45) is 0 Å². The maximum absolute atomic E-state index is 9.10. The van der Waals surface area contributed by atoms with Gasteiger partial charge < -0.3 is 10.2 Å². The second-order valence-electron chi connectivity index (χ2n) is 0.610. The molecule has 0 unspecified atom stereocenters. The Labute approximate surface area is 85.6 Å². The normalized spacial score (nSPS) is 5.50. The van der Waals surface area contributed by atoms with Gasteiger partial charge in [0.2, 0.25) is 0 Å². The van der Waals surface area contributed by atoms with Gasteiger partial charge in [-0.25, -0.2) is 9.59 Å². The van der Waals surface area contributed by atoms with Gasteiger partial charge in [-0.15, -0.1) is 0 Å². The minimum absolute atomic E-state index is 0. The molecule has 0 atom stereocenters. The summed E-state index contributed by atoms with van der Waals surface area (Å²) in [5.41, 5.74) is 0. The van der Waals surface area contributed by atoms with E-state index in [1.54, 1.807) is 0 Å². The van der Waals surface area contributed by atoms with E-state index in [-0.39, 0.29) is 54.6 Å². The predicted molar refractivity (Wildman–Crippen MR) is 26.8 cm³/mol. The molecule has 4 nitrogen and oxygen atoms in total. The van der Waals surface area contributed by atoms with Crippen LogP contribution in [0.2, 0.25) is 0 Å². The molecule has 0 saturated carbocycles. The molecule has 8 heavy (non-hydrogen) atoms. The van der Waals surface area contributed by atoms with E-state index >= 15 is 0 Å². The quantitative estimate of drug-likeness (QED) is 0.312. The van der Waals surface area contributed by atoms with E-state index in [9.17, 15) is 0 Å². The van der Waals surface area contributed by atoms with Crippen molar-refractivity contribution < 1.29 is 19.8 Å². The van der Waals surface area contributed by atoms with Crippen molar-refractivity contribution in [3.63, 3.8) is 0 Å². The maximum Gasteiger partial charge on any atom is 0.414 e. The number of hydrogen-bond donors (Lipinski definition) is 2. The van der Waals surface area contributed by atoms with Crippen molar-refractivity contribution >= 4 is 66.5 Å². The van der Waals surface area contributed by atoms with Crippen LogP contribution in [0.3, 0.4) is 0 Å². The number of carboxylic acid groups (broad SMARTS) is 2. The van der Waals surface area contributed by atoms with Crippen LogP contribution in [0, 0.1) is 0 Å². The first-order valence-corrected chi connectivity index (χ1v) is 1.11. The number of rotatable bonds is 0. The summed E-state index contributed by atoms with van der Waals surface area (Å²) in [6.45, 7) is 0. The third-order valence-electron chi connectivity index (χ3n) is 0.183. The molecule has 0 aromatic carbocycles. The summed E-state index contributed by atoms with van der Waals surface area (Å²) in [5, 5.41) is 14.8. The fourth-order valence-electron chi connectivity index (χ4n) is 0. The smallest absolute Gasteiger partial charge is 0.414 e. The Hall–Kier alpha value is 0.784. The maximum atomic E-state index is 9.10. The van der Waals surface area contributed by atoms with E-state index in [1.165, 1.54) is 0 Å². The van der Waals surface area contributed by atoms with Crippen LogP contribution in [-0.4, -0.2) is 76.7 Å². The summed E-state index contributed by atoms with van der Waals surface area (Å²) in [7, 11) is 0. The molecule has 0 heterocycles. The summed E-state index contributed by atoms with van der Waals surface area (Å²) in [6.07, 6.45) is 0. The molecule has 0 aromatic heterocycles. The second kappa shape index (κ2) is 7.78. The Bertz CT molecular complexity index is 78.0. The monoisotopic (exact) mass is 500 g/mol. The van der Waals surface area contributed by atoms with Gasteiger partial charge >= 0.3 is 11.9 Å². The zero-order valence-electron chi connectivity index (χ0n) is 3.87. The Kier molecular flexibility index (Phi) is 15.5. The third-order valence-corrected chi connectivity index (χ3v) is 0.183. The molecule has 0 rings (SSSR count). The summed E-state index contributed by atoms with van der Waals surface area (Å²) in [5.74, 6) is -3.65. The van der Waals surface area contributed by atoms with Crippen LogP contribution < -0.4 is 0 Å². The minimum Gasteiger partial charge on any atom is -0.473 e. The van der Waals surface area contributed by atoms with E-state index < -0.39 is 11.9 Å². The van der Waals surface area contributed by atoms with Gasteiger partial charge in [-0.3, -0.25) is 0 Å². The van der Waals surface area contributed by atoms with E-state index in [1.807, 2.05) is 0 Å². The summed E-state index contributed by atoms with van der Waals surface area (Å²) < 4.78 is 0. The molecule has 0 saturated heterocycles. The van der Waals surface area contributed by atoms with Crippen molar-refractivity contribution in [3.05, 3.63) is 0 Å². The topological polar surface area (TPSA) is 74.6 Å². The van der Waals surface area contributed by atoms with Gasteiger partial charge in [0.15, 0.2) is 0 Å². The largest absolute Gasteiger partial charge is 0.473 e. The first kappa shape index (κ1) is 15.9. The molecular formula is C2H2O4Tl2. The molecule has 0 aliphatic heterocycles. The van der Waals surface area contributed by atoms with Gasteiger partial charge in [-0.05, 0) is 0 Å². The van der Waals surface area contributed by atoms with Gasteiger partial charge in [0.05, 0.1) is 0 Å². The van der Waals surface area contributed by atoms with Crippen molar-refractivity contribution in [2.75, 3.05) is 0 Å². The van der Waals surface area contributed by atoms with Crippen LogP contribution in [0.5, 0.6) is 0 Å². The fourth-order valence-corrected chi connectivity index (χ4v) is 0. The molecule has 2 radical (unpaired) electrons. The molecular weight excluding hydrogens is 497 g/mol. The summed E-state index contributed by atoms with van der Waals surface area (Å²) in [6, 6.07) is 0. The van der Waals surface area contributed by atoms with Crippen LogP contribution >= 0.6 is 0 Å². The van der Waals surface area contributed by atoms with Crippen LogP contribution in [-0.2, 0) is 9.59 Å². The predicted octanol–water partition coefficient (Wildman–Crippen LogP) is -1.61. The van der Waals surface area contributed by atoms with Crippen molar-refractivity contribution in [1.29, 1.82) is 0 Å². The fraction of sp³-hybridized carbons (Fsp3) is 0. The second-order valence-corrected chi connectivity index (χ2v) is 0.610. The summed E-state index contributed by atoms with van der Waals surface area (Å²) >= 11 is 0. The molecule has 0 bridgehead atoms. The standard InChI is InChI=1S/C2H2O4.2Tl/c3-1(4)2(5)6;;/h(H,3,4)(H,5,6);;. The average Bonchev–Trinajstić information content (AvgIpc) is 1.36. The van der Waals surface area contributed by atoms with Gasteiger partial charge in [-0.1, -0.05) is 0 Å². The van der Waals surface area contributed by atoms with Gasteiger partial charge in [0.25, 0.3) is 0 Å². The van der Waals surface area contributed by atoms with Crippen LogP contribution in [0.25, 0.3) is 0 Å². The van der Waals surface area contributed by atoms with E-state index in [0.717, 1.165) is 0 Å². The number of aliphatic carboxylic acids is 2. The first-order chi connectivity index (χ1) is 2.64. The van der Waals surface area contributed by atoms with Crippen molar-refractivity contribution in [1.82, 2.24) is 0 Å². The SMILES string of the molecule is O=C(O)C(=O)O.[Tl].[Tl]. The van der Waals surface area contributed by atoms with Gasteiger partial charge in [-0.2, -0.15) is 0 Å². The van der Waals surface area contributed by atoms with Crippen LogP contribution in [0.1, 0.15) is 0 Å². The first-order valence-electron chi connectivity index (χ1n) is 1.11. The number of carboxylic acids is 2. The average molecular weight is 499 g/mol. The number of hydrogen-bond acceptors (Lipinski definition) is 2. The van der Waals surface area contributed by atoms with Gasteiger partial charge in [0.1, 0.15) is 0 Å².